The Kier molecular flexibility index (Phi) is 5.40. The summed E-state index contributed by atoms with van der Waals surface area (Å²) >= 11 is 0. The second-order valence-electron chi connectivity index (χ2n) is 7.51. The number of nitrogens with one attached hydrogen (secondary N) is 1. The number of hydrogen-bond donors (Lipinski definition) is 1. The van der Waals surface area contributed by atoms with Crippen molar-refractivity contribution in [1.82, 2.24) is 19.6 Å². The Morgan fingerprint density at radius 2 is 2.17 bits per heavy atom. The zero-order valence-electron chi connectivity index (χ0n) is 16.7. The molecule has 29 heavy (non-hydrogen) atoms. The van der Waals surface area contributed by atoms with Gasteiger partial charge in [-0.05, 0) is 30.9 Å². The van der Waals surface area contributed by atoms with E-state index < -0.39 is 9.84 Å². The normalized spacial score (nSPS) is 17.6. The summed E-state index contributed by atoms with van der Waals surface area (Å²) in [6, 6.07) is 5.88. The molecule has 8 nitrogen and oxygen atoms in total. The molecule has 4 heterocycles. The van der Waals surface area contributed by atoms with E-state index in [-0.39, 0.29) is 5.25 Å². The first-order valence-electron chi connectivity index (χ1n) is 9.90. The Bertz CT molecular complexity index is 1100. The summed E-state index contributed by atoms with van der Waals surface area (Å²) in [7, 11) is -3.08. The highest BCUT2D eigenvalue weighted by atomic mass is 32.2. The Balaban J connectivity index is 1.68. The lowest BCUT2D eigenvalue weighted by molar-refractivity contribution is 0.534. The molecule has 1 unspecified atom stereocenters. The van der Waals surface area contributed by atoms with E-state index in [2.05, 4.69) is 27.2 Å². The molecule has 154 valence electrons. The van der Waals surface area contributed by atoms with Crippen molar-refractivity contribution in [2.24, 2.45) is 0 Å². The van der Waals surface area contributed by atoms with Crippen LogP contribution in [0, 0.1) is 0 Å². The zero-order chi connectivity index (χ0) is 20.4. The number of fused-ring (bicyclic) bond motifs is 1. The maximum Gasteiger partial charge on any atom is 0.162 e. The molecule has 4 rings (SSSR count). The molecule has 0 aliphatic carbocycles. The number of aryl methyl sites for hydroxylation is 1. The lowest BCUT2D eigenvalue weighted by Gasteiger charge is -2.33. The van der Waals surface area contributed by atoms with Crippen LogP contribution in [0.3, 0.4) is 0 Å². The number of rotatable bonds is 6. The molecule has 0 amide bonds. The molecule has 1 aliphatic rings. The van der Waals surface area contributed by atoms with Crippen molar-refractivity contribution in [3.8, 4) is 0 Å². The van der Waals surface area contributed by atoms with E-state index in [1.165, 1.54) is 6.26 Å². The number of anilines is 2. The van der Waals surface area contributed by atoms with Gasteiger partial charge in [0.2, 0.25) is 0 Å². The molecule has 1 fully saturated rings. The SMILES string of the molecule is CCc1cnn2c(NCc3cccnc3)cc(N3CCCC(S(C)(=O)=O)C3)nc12. The van der Waals surface area contributed by atoms with Crippen LogP contribution >= 0.6 is 0 Å². The van der Waals surface area contributed by atoms with E-state index in [0.29, 0.717) is 19.5 Å². The fourth-order valence-corrected chi connectivity index (χ4v) is 4.77. The van der Waals surface area contributed by atoms with Crippen LogP contribution in [0.4, 0.5) is 11.6 Å². The summed E-state index contributed by atoms with van der Waals surface area (Å²) in [6.45, 7) is 3.96. The van der Waals surface area contributed by atoms with E-state index in [9.17, 15) is 8.42 Å². The van der Waals surface area contributed by atoms with Gasteiger partial charge < -0.3 is 10.2 Å². The van der Waals surface area contributed by atoms with Gasteiger partial charge >= 0.3 is 0 Å². The Morgan fingerprint density at radius 3 is 2.90 bits per heavy atom. The van der Waals surface area contributed by atoms with Crippen LogP contribution in [0.1, 0.15) is 30.9 Å². The molecule has 1 N–H and O–H groups in total. The van der Waals surface area contributed by atoms with Crippen molar-refractivity contribution in [3.63, 3.8) is 0 Å². The molecule has 0 radical (unpaired) electrons. The average Bonchev–Trinajstić information content (AvgIpc) is 3.15. The summed E-state index contributed by atoms with van der Waals surface area (Å²) in [4.78, 5) is 11.1. The molecule has 0 spiro atoms. The smallest absolute Gasteiger partial charge is 0.162 e. The zero-order valence-corrected chi connectivity index (χ0v) is 17.6. The lowest BCUT2D eigenvalue weighted by atomic mass is 10.1. The van der Waals surface area contributed by atoms with Crippen LogP contribution in [-0.2, 0) is 22.8 Å². The molecular weight excluding hydrogens is 388 g/mol. The monoisotopic (exact) mass is 414 g/mol. The van der Waals surface area contributed by atoms with E-state index in [4.69, 9.17) is 4.98 Å². The average molecular weight is 415 g/mol. The predicted molar refractivity (Wildman–Crippen MR) is 114 cm³/mol. The van der Waals surface area contributed by atoms with Crippen molar-refractivity contribution >= 4 is 27.1 Å². The number of nitrogens with zero attached hydrogens (tertiary/aromatic N) is 5. The van der Waals surface area contributed by atoms with Crippen LogP contribution in [0.25, 0.3) is 5.65 Å². The quantitative estimate of drug-likeness (QED) is 0.662. The molecule has 0 aromatic carbocycles. The van der Waals surface area contributed by atoms with Crippen LogP contribution in [0.15, 0.2) is 36.8 Å². The Labute approximate surface area is 170 Å². The van der Waals surface area contributed by atoms with Gasteiger partial charge in [0.1, 0.15) is 11.6 Å². The third kappa shape index (κ3) is 4.19. The first-order valence-corrected chi connectivity index (χ1v) is 11.9. The number of piperidine rings is 1. The minimum absolute atomic E-state index is 0.350. The van der Waals surface area contributed by atoms with Gasteiger partial charge in [0.15, 0.2) is 15.5 Å². The Morgan fingerprint density at radius 1 is 1.31 bits per heavy atom. The van der Waals surface area contributed by atoms with Crippen molar-refractivity contribution < 1.29 is 8.42 Å². The molecule has 0 bridgehead atoms. The number of hydrogen-bond acceptors (Lipinski definition) is 7. The van der Waals surface area contributed by atoms with Gasteiger partial charge in [-0.1, -0.05) is 13.0 Å². The predicted octanol–water partition coefficient (Wildman–Crippen LogP) is 2.31. The van der Waals surface area contributed by atoms with Gasteiger partial charge in [0.25, 0.3) is 0 Å². The van der Waals surface area contributed by atoms with Crippen LogP contribution in [0.5, 0.6) is 0 Å². The second kappa shape index (κ2) is 7.98. The van der Waals surface area contributed by atoms with Crippen molar-refractivity contribution in [2.45, 2.75) is 38.0 Å². The molecule has 1 saturated heterocycles. The van der Waals surface area contributed by atoms with E-state index >= 15 is 0 Å². The third-order valence-corrected chi connectivity index (χ3v) is 7.01. The molecule has 9 heteroatoms. The van der Waals surface area contributed by atoms with E-state index in [1.807, 2.05) is 35.1 Å². The number of sulfone groups is 1. The fraction of sp³-hybridized carbons (Fsp3) is 0.450. The van der Waals surface area contributed by atoms with Gasteiger partial charge in [0.05, 0.1) is 11.4 Å². The topological polar surface area (TPSA) is 92.5 Å². The summed E-state index contributed by atoms with van der Waals surface area (Å²) in [6.07, 6.45) is 9.12. The molecule has 3 aromatic heterocycles. The van der Waals surface area contributed by atoms with Gasteiger partial charge in [-0.15, -0.1) is 0 Å². The van der Waals surface area contributed by atoms with Crippen molar-refractivity contribution in [3.05, 3.63) is 47.9 Å². The second-order valence-corrected chi connectivity index (χ2v) is 9.84. The van der Waals surface area contributed by atoms with E-state index in [0.717, 1.165) is 47.8 Å². The molecule has 1 atom stereocenters. The van der Waals surface area contributed by atoms with Crippen molar-refractivity contribution in [1.29, 1.82) is 0 Å². The van der Waals surface area contributed by atoms with Gasteiger partial charge in [-0.25, -0.2) is 13.4 Å². The lowest BCUT2D eigenvalue weighted by Crippen LogP contribution is -2.42. The van der Waals surface area contributed by atoms with E-state index in [1.54, 1.807) is 6.20 Å². The maximum atomic E-state index is 12.1. The molecule has 1 aliphatic heterocycles. The minimum Gasteiger partial charge on any atom is -0.366 e. The highest BCUT2D eigenvalue weighted by molar-refractivity contribution is 7.91. The first kappa shape index (κ1) is 19.6. The van der Waals surface area contributed by atoms with Gasteiger partial charge in [-0.2, -0.15) is 9.61 Å². The largest absolute Gasteiger partial charge is 0.366 e. The van der Waals surface area contributed by atoms with Crippen LogP contribution in [-0.4, -0.2) is 52.6 Å². The third-order valence-electron chi connectivity index (χ3n) is 5.42. The fourth-order valence-electron chi connectivity index (χ4n) is 3.72. The van der Waals surface area contributed by atoms with Crippen LogP contribution < -0.4 is 10.2 Å². The highest BCUT2D eigenvalue weighted by Crippen LogP contribution is 2.26. The molecular formula is C20H26N6O2S. The van der Waals surface area contributed by atoms with Crippen molar-refractivity contribution in [2.75, 3.05) is 29.6 Å². The van der Waals surface area contributed by atoms with Gasteiger partial charge in [-0.3, -0.25) is 4.98 Å². The maximum absolute atomic E-state index is 12.1. The number of pyridine rings is 1. The van der Waals surface area contributed by atoms with Crippen LogP contribution in [0.2, 0.25) is 0 Å². The number of aromatic nitrogens is 4. The first-order chi connectivity index (χ1) is 14.0. The summed E-state index contributed by atoms with van der Waals surface area (Å²) in [5.74, 6) is 1.62. The highest BCUT2D eigenvalue weighted by Gasteiger charge is 2.28. The summed E-state index contributed by atoms with van der Waals surface area (Å²) in [5, 5.41) is 7.59. The van der Waals surface area contributed by atoms with Gasteiger partial charge in [0, 0.05) is 49.9 Å². The standard InChI is InChI=1S/C20H26N6O2S/c1-3-16-13-23-26-18(22-12-15-6-4-8-21-11-15)10-19(24-20(16)26)25-9-5-7-17(14-25)29(2,27)28/h4,6,8,10-11,13,17,22H,3,5,7,9,12,14H2,1-2H3. The Hall–Kier alpha value is -2.68. The summed E-state index contributed by atoms with van der Waals surface area (Å²) < 4.78 is 26.0. The molecule has 0 saturated carbocycles. The molecule has 3 aromatic rings. The summed E-state index contributed by atoms with van der Waals surface area (Å²) in [5.41, 5.74) is 2.94. The minimum atomic E-state index is -3.08.